The smallest absolute Gasteiger partial charge is 0.303 e. The molecule has 0 radical (unpaired) electrons. The second kappa shape index (κ2) is 6.67. The van der Waals surface area contributed by atoms with Crippen LogP contribution in [0, 0.1) is 5.92 Å². The van der Waals surface area contributed by atoms with Gasteiger partial charge in [0, 0.05) is 13.8 Å². The topological polar surface area (TPSA) is 99.2 Å². The van der Waals surface area contributed by atoms with E-state index in [-0.39, 0.29) is 0 Å². The third-order valence-electron chi connectivity index (χ3n) is 3.64. The van der Waals surface area contributed by atoms with E-state index in [2.05, 4.69) is 0 Å². The highest BCUT2D eigenvalue weighted by Gasteiger charge is 2.65. The molecule has 0 aromatic rings. The molecule has 134 valence electrons. The first-order chi connectivity index (χ1) is 10.9. The van der Waals surface area contributed by atoms with Gasteiger partial charge in [-0.25, -0.2) is 0 Å². The van der Waals surface area contributed by atoms with Crippen LogP contribution < -0.4 is 0 Å². The third kappa shape index (κ3) is 3.46. The van der Waals surface area contributed by atoms with Crippen molar-refractivity contribution >= 4 is 58.6 Å². The van der Waals surface area contributed by atoms with Crippen LogP contribution in [0.3, 0.4) is 0 Å². The quantitative estimate of drug-likeness (QED) is 0.385. The third-order valence-corrected chi connectivity index (χ3v) is 4.13. The molecule has 2 aliphatic rings. The zero-order valence-corrected chi connectivity index (χ0v) is 15.1. The average molecular weight is 403 g/mol. The number of alkyl halides is 3. The Kier molecular flexibility index (Phi) is 5.34. The monoisotopic (exact) mass is 401 g/mol. The van der Waals surface area contributed by atoms with Gasteiger partial charge in [0.25, 0.3) is 9.70 Å². The number of imide groups is 1. The summed E-state index contributed by atoms with van der Waals surface area (Å²) in [5.74, 6) is -4.16. The lowest BCUT2D eigenvalue weighted by atomic mass is 9.82. The Balaban J connectivity index is 2.29. The van der Waals surface area contributed by atoms with Gasteiger partial charge in [0.05, 0.1) is 6.10 Å². The lowest BCUT2D eigenvalue weighted by Gasteiger charge is -2.54. The van der Waals surface area contributed by atoms with Crippen molar-refractivity contribution in [3.63, 3.8) is 0 Å². The van der Waals surface area contributed by atoms with Crippen LogP contribution in [0.4, 0.5) is 0 Å². The molecule has 0 aromatic carbocycles. The summed E-state index contributed by atoms with van der Waals surface area (Å²) in [6.07, 6.45) is -3.95. The van der Waals surface area contributed by atoms with Gasteiger partial charge in [0.2, 0.25) is 5.91 Å². The number of carbonyl (C=O) groups is 4. The van der Waals surface area contributed by atoms with Crippen molar-refractivity contribution in [1.29, 1.82) is 0 Å². The first-order valence-electron chi connectivity index (χ1n) is 6.89. The Bertz CT molecular complexity index is 591. The van der Waals surface area contributed by atoms with E-state index in [4.69, 9.17) is 49.0 Å². The average Bonchev–Trinajstić information content (AvgIpc) is 2.40. The number of amides is 2. The van der Waals surface area contributed by atoms with Gasteiger partial charge in [-0.05, 0) is 6.92 Å². The highest BCUT2D eigenvalue weighted by atomic mass is 35.6. The van der Waals surface area contributed by atoms with E-state index in [0.717, 1.165) is 6.92 Å². The van der Waals surface area contributed by atoms with Gasteiger partial charge in [0.15, 0.2) is 18.4 Å². The second-order valence-corrected chi connectivity index (χ2v) is 7.70. The Morgan fingerprint density at radius 1 is 1.08 bits per heavy atom. The van der Waals surface area contributed by atoms with Crippen LogP contribution >= 0.6 is 34.8 Å². The van der Waals surface area contributed by atoms with Crippen LogP contribution in [0.5, 0.6) is 0 Å². The molecule has 2 saturated heterocycles. The number of hydrogen-bond acceptors (Lipinski definition) is 7. The number of esters is 2. The summed E-state index contributed by atoms with van der Waals surface area (Å²) in [6.45, 7) is 3.86. The van der Waals surface area contributed by atoms with Crippen LogP contribution in [0.15, 0.2) is 0 Å². The van der Waals surface area contributed by atoms with Crippen molar-refractivity contribution < 1.29 is 33.4 Å². The van der Waals surface area contributed by atoms with E-state index < -0.39 is 58.0 Å². The van der Waals surface area contributed by atoms with Gasteiger partial charge < -0.3 is 14.2 Å². The molecule has 11 heteroatoms. The molecule has 24 heavy (non-hydrogen) atoms. The largest absolute Gasteiger partial charge is 0.457 e. The van der Waals surface area contributed by atoms with Crippen molar-refractivity contribution in [2.24, 2.45) is 5.92 Å². The van der Waals surface area contributed by atoms with Gasteiger partial charge >= 0.3 is 11.9 Å². The van der Waals surface area contributed by atoms with Crippen molar-refractivity contribution in [2.75, 3.05) is 0 Å². The van der Waals surface area contributed by atoms with Crippen molar-refractivity contribution in [1.82, 2.24) is 4.90 Å². The maximum atomic E-state index is 12.3. The predicted molar refractivity (Wildman–Crippen MR) is 81.1 cm³/mol. The lowest BCUT2D eigenvalue weighted by Crippen LogP contribution is -2.75. The first kappa shape index (κ1) is 19.2. The summed E-state index contributed by atoms with van der Waals surface area (Å²) in [5, 5.41) is 0. The minimum absolute atomic E-state index is 0.632. The molecule has 2 aliphatic heterocycles. The molecule has 0 aliphatic carbocycles. The number of hydrogen-bond donors (Lipinski definition) is 0. The van der Waals surface area contributed by atoms with E-state index in [1.54, 1.807) is 6.92 Å². The summed E-state index contributed by atoms with van der Waals surface area (Å²) in [6, 6.07) is 0. The minimum atomic E-state index is -2.34. The fourth-order valence-electron chi connectivity index (χ4n) is 2.74. The number of nitrogens with zero attached hydrogens (tertiary/aromatic N) is 1. The highest BCUT2D eigenvalue weighted by Crippen LogP contribution is 2.43. The van der Waals surface area contributed by atoms with Crippen LogP contribution in [0.1, 0.15) is 20.8 Å². The zero-order valence-electron chi connectivity index (χ0n) is 12.8. The van der Waals surface area contributed by atoms with Gasteiger partial charge in [-0.2, -0.15) is 0 Å². The Morgan fingerprint density at radius 3 is 2.04 bits per heavy atom. The van der Waals surface area contributed by atoms with Crippen LogP contribution in [-0.4, -0.2) is 57.0 Å². The molecule has 0 aromatic heterocycles. The fourth-order valence-corrected chi connectivity index (χ4v) is 3.02. The predicted octanol–water partition coefficient (Wildman–Crippen LogP) is 0.950. The summed E-state index contributed by atoms with van der Waals surface area (Å²) in [5.41, 5.74) is 0. The second-order valence-electron chi connectivity index (χ2n) is 5.42. The molecule has 2 fully saturated rings. The molecular formula is C13H14Cl3NO7. The Hall–Kier alpha value is -1.09. The molecular weight excluding hydrogens is 389 g/mol. The minimum Gasteiger partial charge on any atom is -0.457 e. The first-order valence-corrected chi connectivity index (χ1v) is 8.02. The van der Waals surface area contributed by atoms with E-state index in [1.807, 2.05) is 0 Å². The molecule has 5 atom stereocenters. The number of carbonyl (C=O) groups excluding carboxylic acids is 4. The highest BCUT2D eigenvalue weighted by molar-refractivity contribution is 6.76. The van der Waals surface area contributed by atoms with Gasteiger partial charge in [0.1, 0.15) is 5.92 Å². The van der Waals surface area contributed by atoms with Crippen molar-refractivity contribution in [3.8, 4) is 0 Å². The number of fused-ring (bicyclic) bond motifs is 1. The van der Waals surface area contributed by atoms with E-state index in [0.29, 0.717) is 4.90 Å². The Morgan fingerprint density at radius 2 is 1.58 bits per heavy atom. The van der Waals surface area contributed by atoms with E-state index in [9.17, 15) is 19.2 Å². The summed E-state index contributed by atoms with van der Waals surface area (Å²) in [7, 11) is 0. The summed E-state index contributed by atoms with van der Waals surface area (Å²) >= 11 is 16.6. The fraction of sp³-hybridized carbons (Fsp3) is 0.692. The summed E-state index contributed by atoms with van der Waals surface area (Å²) in [4.78, 5) is 47.6. The number of β-lactam (4-membered cyclic amide) rings is 1. The van der Waals surface area contributed by atoms with Crippen LogP contribution in [0.25, 0.3) is 0 Å². The maximum absolute atomic E-state index is 12.3. The normalized spacial score (nSPS) is 32.5. The van der Waals surface area contributed by atoms with Crippen molar-refractivity contribution in [2.45, 2.75) is 49.1 Å². The molecule has 0 bridgehead atoms. The number of ether oxygens (including phenoxy) is 3. The molecule has 2 amide bonds. The van der Waals surface area contributed by atoms with Crippen molar-refractivity contribution in [3.05, 3.63) is 0 Å². The lowest BCUT2D eigenvalue weighted by molar-refractivity contribution is -0.271. The van der Waals surface area contributed by atoms with Gasteiger partial charge in [-0.3, -0.25) is 24.1 Å². The number of halogens is 3. The zero-order chi connectivity index (χ0) is 18.4. The molecule has 0 saturated carbocycles. The molecule has 2 heterocycles. The molecule has 0 unspecified atom stereocenters. The number of rotatable bonds is 2. The van der Waals surface area contributed by atoms with Crippen LogP contribution in [0.2, 0.25) is 0 Å². The SMILES string of the molecule is CC(=O)O[C@@H]1[C@@H](OC(C)=O)[C@H](C)O[C@H]2[C@@H]1C(=O)N2C(=O)C(Cl)(Cl)Cl. The molecule has 0 spiro atoms. The van der Waals surface area contributed by atoms with Crippen LogP contribution in [-0.2, 0) is 33.4 Å². The van der Waals surface area contributed by atoms with Gasteiger partial charge in [-0.1, -0.05) is 34.8 Å². The van der Waals surface area contributed by atoms with Gasteiger partial charge in [-0.15, -0.1) is 0 Å². The maximum Gasteiger partial charge on any atom is 0.303 e. The summed E-state index contributed by atoms with van der Waals surface area (Å²) < 4.78 is 13.5. The van der Waals surface area contributed by atoms with E-state index in [1.165, 1.54) is 6.92 Å². The molecule has 2 rings (SSSR count). The molecule has 8 nitrogen and oxygen atoms in total. The standard InChI is InChI=1S/C13H14Cl3NO7/c1-4-8(23-5(2)18)9(24-6(3)19)7-10(20)17(11(7)22-4)12(21)13(14,15)16/h4,7-9,11H,1-3H3/t4-,7-,8-,9-,11-/m0/s1. The number of likely N-dealkylation sites (tertiary alicyclic amines) is 1. The Labute approximate surface area is 152 Å². The molecule has 0 N–H and O–H groups in total. The van der Waals surface area contributed by atoms with E-state index >= 15 is 0 Å².